The van der Waals surface area contributed by atoms with E-state index in [-0.39, 0.29) is 11.7 Å². The second kappa shape index (κ2) is 9.66. The number of rotatable bonds is 5. The molecule has 1 aliphatic rings. The van der Waals surface area contributed by atoms with Crippen molar-refractivity contribution in [2.24, 2.45) is 0 Å². The molecule has 1 saturated carbocycles. The van der Waals surface area contributed by atoms with Crippen molar-refractivity contribution in [1.82, 2.24) is 4.98 Å². The minimum Gasteiger partial charge on any atom is -0.468 e. The molecule has 2 N–H and O–H groups in total. The number of nitrogens with one attached hydrogen (secondary N) is 2. The molecule has 0 saturated heterocycles. The van der Waals surface area contributed by atoms with Crippen LogP contribution >= 0.6 is 11.3 Å². The molecule has 9 heteroatoms. The van der Waals surface area contributed by atoms with Crippen LogP contribution in [0.5, 0.6) is 0 Å². The molecule has 6 nitrogen and oxygen atoms in total. The Balaban J connectivity index is 1.46. The molecule has 0 spiro atoms. The summed E-state index contributed by atoms with van der Waals surface area (Å²) in [6.07, 6.45) is 6.27. The maximum absolute atomic E-state index is 13.3. The Morgan fingerprint density at radius 2 is 1.61 bits per heavy atom. The number of anilines is 2. The number of amides is 2. The van der Waals surface area contributed by atoms with E-state index in [0.717, 1.165) is 65.8 Å². The van der Waals surface area contributed by atoms with Crippen LogP contribution in [0, 0.1) is 11.6 Å². The van der Waals surface area contributed by atoms with Crippen LogP contribution in [0.15, 0.2) is 48.7 Å². The van der Waals surface area contributed by atoms with Gasteiger partial charge < -0.3 is 15.4 Å². The average molecular weight is 472 g/mol. The summed E-state index contributed by atoms with van der Waals surface area (Å²) in [7, 11) is 1.42. The van der Waals surface area contributed by atoms with Crippen molar-refractivity contribution in [3.8, 4) is 10.4 Å². The molecule has 1 fully saturated rings. The Morgan fingerprint density at radius 3 is 2.24 bits per heavy atom. The summed E-state index contributed by atoms with van der Waals surface area (Å²) >= 11 is 1.48. The van der Waals surface area contributed by atoms with E-state index in [4.69, 9.17) is 4.74 Å². The van der Waals surface area contributed by atoms with Gasteiger partial charge in [-0.25, -0.2) is 18.6 Å². The second-order valence-electron chi connectivity index (χ2n) is 7.98. The van der Waals surface area contributed by atoms with Crippen molar-refractivity contribution in [2.45, 2.75) is 37.5 Å². The van der Waals surface area contributed by atoms with Crippen LogP contribution in [0.4, 0.5) is 25.0 Å². The molecule has 1 aliphatic carbocycles. The Bertz CT molecular complexity index is 1140. The first-order valence-electron chi connectivity index (χ1n) is 10.6. The Morgan fingerprint density at radius 1 is 0.970 bits per heavy atom. The van der Waals surface area contributed by atoms with Crippen molar-refractivity contribution in [3.63, 3.8) is 0 Å². The number of halogens is 2. The number of carbonyl (C=O) groups excluding carboxylic acids is 2. The predicted molar refractivity (Wildman–Crippen MR) is 123 cm³/mol. The number of urea groups is 1. The molecule has 0 atom stereocenters. The van der Waals surface area contributed by atoms with Crippen molar-refractivity contribution in [1.29, 1.82) is 0 Å². The average Bonchev–Trinajstić information content (AvgIpc) is 3.29. The molecular weight excluding hydrogens is 448 g/mol. The summed E-state index contributed by atoms with van der Waals surface area (Å²) < 4.78 is 31.7. The third-order valence-electron chi connectivity index (χ3n) is 5.75. The predicted octanol–water partition coefficient (Wildman–Crippen LogP) is 6.11. The molecule has 3 aromatic rings. The standard InChI is InChI=1S/C24H23F2N3O3S/c1-32-22(30)24(9-3-2-4-10-24)21-27-14-20(33-21)15-5-7-18(8-6-15)28-23(31)29-19-12-16(25)11-17(26)13-19/h5-8,11-14H,2-4,9-10H2,1H3,(H2,28,29,31). The Hall–Kier alpha value is -3.33. The summed E-state index contributed by atoms with van der Waals surface area (Å²) in [5.74, 6) is -1.78. The Kier molecular flexibility index (Phi) is 6.69. The van der Waals surface area contributed by atoms with Crippen molar-refractivity contribution >= 4 is 34.7 Å². The number of ether oxygens (including phenoxy) is 1. The fourth-order valence-electron chi connectivity index (χ4n) is 4.12. The smallest absolute Gasteiger partial charge is 0.323 e. The summed E-state index contributed by atoms with van der Waals surface area (Å²) in [6, 6.07) is 9.27. The third-order valence-corrected chi connectivity index (χ3v) is 7.00. The van der Waals surface area contributed by atoms with E-state index in [2.05, 4.69) is 15.6 Å². The van der Waals surface area contributed by atoms with Crippen molar-refractivity contribution < 1.29 is 23.1 Å². The van der Waals surface area contributed by atoms with E-state index in [1.807, 2.05) is 12.1 Å². The topological polar surface area (TPSA) is 80.3 Å². The van der Waals surface area contributed by atoms with Gasteiger partial charge >= 0.3 is 12.0 Å². The van der Waals surface area contributed by atoms with Crippen molar-refractivity contribution in [3.05, 3.63) is 65.3 Å². The quantitative estimate of drug-likeness (QED) is 0.440. The van der Waals surface area contributed by atoms with Gasteiger partial charge in [0.25, 0.3) is 0 Å². The van der Waals surface area contributed by atoms with Gasteiger partial charge in [0, 0.05) is 23.6 Å². The fourth-order valence-corrected chi connectivity index (χ4v) is 5.28. The summed E-state index contributed by atoms with van der Waals surface area (Å²) in [4.78, 5) is 30.2. The molecule has 1 aromatic heterocycles. The molecule has 2 amide bonds. The van der Waals surface area contributed by atoms with E-state index in [0.29, 0.717) is 5.69 Å². The minimum absolute atomic E-state index is 0.0149. The van der Waals surface area contributed by atoms with Crippen LogP contribution in [-0.4, -0.2) is 24.1 Å². The van der Waals surface area contributed by atoms with Gasteiger partial charge in [-0.05, 0) is 42.7 Å². The highest BCUT2D eigenvalue weighted by Gasteiger charge is 2.44. The zero-order valence-electron chi connectivity index (χ0n) is 18.0. The maximum atomic E-state index is 13.3. The number of hydrogen-bond donors (Lipinski definition) is 2. The number of thiazole rings is 1. The zero-order valence-corrected chi connectivity index (χ0v) is 18.8. The monoisotopic (exact) mass is 471 g/mol. The number of nitrogens with zero attached hydrogens (tertiary/aromatic N) is 1. The number of carbonyl (C=O) groups is 2. The van der Waals surface area contributed by atoms with E-state index in [1.54, 1.807) is 18.3 Å². The maximum Gasteiger partial charge on any atom is 0.323 e. The highest BCUT2D eigenvalue weighted by Crippen LogP contribution is 2.43. The molecule has 4 rings (SSSR count). The molecular formula is C24H23F2N3O3S. The van der Waals surface area contributed by atoms with E-state index in [1.165, 1.54) is 18.4 Å². The van der Waals surface area contributed by atoms with Gasteiger partial charge in [-0.15, -0.1) is 11.3 Å². The number of benzene rings is 2. The molecule has 172 valence electrons. The normalized spacial score (nSPS) is 15.0. The molecule has 0 bridgehead atoms. The van der Waals surface area contributed by atoms with E-state index >= 15 is 0 Å². The van der Waals surface area contributed by atoms with Crippen LogP contribution in [0.1, 0.15) is 37.1 Å². The number of aromatic nitrogens is 1. The van der Waals surface area contributed by atoms with Gasteiger partial charge in [0.1, 0.15) is 22.1 Å². The summed E-state index contributed by atoms with van der Waals surface area (Å²) in [5, 5.41) is 5.79. The molecule has 2 aromatic carbocycles. The highest BCUT2D eigenvalue weighted by atomic mass is 32.1. The Labute approximate surface area is 194 Å². The lowest BCUT2D eigenvalue weighted by molar-refractivity contribution is -0.149. The summed E-state index contributed by atoms with van der Waals surface area (Å²) in [6.45, 7) is 0. The number of hydrogen-bond acceptors (Lipinski definition) is 5. The molecule has 0 aliphatic heterocycles. The van der Waals surface area contributed by atoms with Crippen LogP contribution < -0.4 is 10.6 Å². The van der Waals surface area contributed by atoms with Gasteiger partial charge in [-0.3, -0.25) is 4.79 Å². The van der Waals surface area contributed by atoms with Crippen LogP contribution in [0.25, 0.3) is 10.4 Å². The van der Waals surface area contributed by atoms with Crippen LogP contribution in [0.3, 0.4) is 0 Å². The zero-order chi connectivity index (χ0) is 23.4. The molecule has 0 radical (unpaired) electrons. The lowest BCUT2D eigenvalue weighted by Gasteiger charge is -2.32. The van der Waals surface area contributed by atoms with Crippen molar-refractivity contribution in [2.75, 3.05) is 17.7 Å². The van der Waals surface area contributed by atoms with Gasteiger partial charge in [0.15, 0.2) is 0 Å². The first-order valence-corrected chi connectivity index (χ1v) is 11.4. The lowest BCUT2D eigenvalue weighted by atomic mass is 9.74. The molecule has 1 heterocycles. The second-order valence-corrected chi connectivity index (χ2v) is 9.01. The highest BCUT2D eigenvalue weighted by molar-refractivity contribution is 7.15. The largest absolute Gasteiger partial charge is 0.468 e. The fraction of sp³-hybridized carbons (Fsp3) is 0.292. The van der Waals surface area contributed by atoms with Gasteiger partial charge in [0.05, 0.1) is 12.0 Å². The van der Waals surface area contributed by atoms with Gasteiger partial charge in [0.2, 0.25) is 0 Å². The van der Waals surface area contributed by atoms with Crippen LogP contribution in [0.2, 0.25) is 0 Å². The van der Waals surface area contributed by atoms with Crippen LogP contribution in [-0.2, 0) is 14.9 Å². The lowest BCUT2D eigenvalue weighted by Crippen LogP contribution is -2.38. The van der Waals surface area contributed by atoms with E-state index in [9.17, 15) is 18.4 Å². The number of methoxy groups -OCH3 is 1. The third kappa shape index (κ3) is 5.03. The SMILES string of the molecule is COC(=O)C1(c2ncc(-c3ccc(NC(=O)Nc4cc(F)cc(F)c4)cc3)s2)CCCCC1. The first-order chi connectivity index (χ1) is 15.9. The molecule has 33 heavy (non-hydrogen) atoms. The first kappa shape index (κ1) is 22.8. The minimum atomic E-state index is -0.777. The summed E-state index contributed by atoms with van der Waals surface area (Å²) in [5.41, 5.74) is 0.747. The number of esters is 1. The van der Waals surface area contributed by atoms with E-state index < -0.39 is 23.1 Å². The molecule has 0 unspecified atom stereocenters. The van der Waals surface area contributed by atoms with Gasteiger partial charge in [-0.1, -0.05) is 31.4 Å². The van der Waals surface area contributed by atoms with Gasteiger partial charge in [-0.2, -0.15) is 0 Å².